The van der Waals surface area contributed by atoms with Crippen LogP contribution in [0.3, 0.4) is 0 Å². The quantitative estimate of drug-likeness (QED) is 0.462. The van der Waals surface area contributed by atoms with Gasteiger partial charge in [0.25, 0.3) is 0 Å². The second-order valence-electron chi connectivity index (χ2n) is 9.10. The summed E-state index contributed by atoms with van der Waals surface area (Å²) in [6.45, 7) is 5.01. The minimum absolute atomic E-state index is 0.104. The summed E-state index contributed by atoms with van der Waals surface area (Å²) < 4.78 is 12.7. The molecule has 7 heteroatoms. The van der Waals surface area contributed by atoms with E-state index in [0.29, 0.717) is 35.7 Å². The molecule has 3 aliphatic rings. The lowest BCUT2D eigenvalue weighted by molar-refractivity contribution is 0.0458. The third-order valence-electron chi connectivity index (χ3n) is 6.88. The van der Waals surface area contributed by atoms with Crippen LogP contribution in [0.4, 0.5) is 0 Å². The molecule has 2 spiro atoms. The van der Waals surface area contributed by atoms with Crippen molar-refractivity contribution in [3.63, 3.8) is 0 Å². The van der Waals surface area contributed by atoms with E-state index < -0.39 is 5.97 Å². The van der Waals surface area contributed by atoms with Crippen molar-refractivity contribution >= 4 is 17.6 Å². The van der Waals surface area contributed by atoms with Crippen LogP contribution in [-0.4, -0.2) is 33.9 Å². The Balaban J connectivity index is 1.18. The molecule has 0 aliphatic heterocycles. The molecular weight excluding hydrogens is 390 g/mol. The van der Waals surface area contributed by atoms with E-state index in [-0.39, 0.29) is 16.6 Å². The van der Waals surface area contributed by atoms with Crippen molar-refractivity contribution in [2.24, 2.45) is 22.7 Å². The van der Waals surface area contributed by atoms with Gasteiger partial charge in [0.05, 0.1) is 18.8 Å². The van der Waals surface area contributed by atoms with Crippen molar-refractivity contribution in [2.45, 2.75) is 46.0 Å². The van der Waals surface area contributed by atoms with Crippen LogP contribution in [0.2, 0.25) is 5.15 Å². The van der Waals surface area contributed by atoms with Gasteiger partial charge in [0.1, 0.15) is 5.15 Å². The molecule has 0 saturated heterocycles. The van der Waals surface area contributed by atoms with Crippen molar-refractivity contribution < 1.29 is 14.3 Å². The third kappa shape index (κ3) is 3.21. The van der Waals surface area contributed by atoms with Crippen LogP contribution in [0, 0.1) is 22.7 Å². The number of pyridine rings is 1. The van der Waals surface area contributed by atoms with Crippen molar-refractivity contribution in [1.82, 2.24) is 14.8 Å². The smallest absolute Gasteiger partial charge is 0.341 e. The first kappa shape index (κ1) is 18.9. The van der Waals surface area contributed by atoms with Gasteiger partial charge in [0.2, 0.25) is 5.88 Å². The number of hydrogen-bond acceptors (Lipinski definition) is 5. The number of rotatable bonds is 8. The number of halogens is 1. The van der Waals surface area contributed by atoms with Crippen LogP contribution in [-0.2, 0) is 4.74 Å². The second kappa shape index (κ2) is 6.73. The summed E-state index contributed by atoms with van der Waals surface area (Å²) >= 11 is 6.20. The van der Waals surface area contributed by atoms with Gasteiger partial charge in [0, 0.05) is 12.3 Å². The highest BCUT2D eigenvalue weighted by Gasteiger charge is 2.85. The first-order valence-electron chi connectivity index (χ1n) is 10.5. The molecule has 2 aromatic heterocycles. The molecule has 0 radical (unpaired) electrons. The van der Waals surface area contributed by atoms with Gasteiger partial charge >= 0.3 is 5.97 Å². The van der Waals surface area contributed by atoms with Gasteiger partial charge in [0.15, 0.2) is 5.82 Å². The maximum Gasteiger partial charge on any atom is 0.341 e. The van der Waals surface area contributed by atoms with Crippen LogP contribution in [0.1, 0.15) is 56.3 Å². The summed E-state index contributed by atoms with van der Waals surface area (Å²) in [7, 11) is 0. The van der Waals surface area contributed by atoms with Crippen molar-refractivity contribution in [2.75, 3.05) is 13.2 Å². The van der Waals surface area contributed by atoms with Crippen molar-refractivity contribution in [3.05, 3.63) is 35.1 Å². The molecule has 0 N–H and O–H groups in total. The number of fused-ring (bicyclic) bond motifs is 1. The maximum atomic E-state index is 12.1. The maximum absolute atomic E-state index is 12.1. The number of hydrogen-bond donors (Lipinski definition) is 0. The Labute approximate surface area is 175 Å². The molecular formula is C22H26ClN3O3. The molecule has 3 saturated carbocycles. The predicted molar refractivity (Wildman–Crippen MR) is 108 cm³/mol. The van der Waals surface area contributed by atoms with Gasteiger partial charge in [-0.2, -0.15) is 0 Å². The average Bonchev–Trinajstić information content (AvgIpc) is 3.64. The standard InChI is InChI=1S/C22H26ClN3O3/c1-14(2)13-29-20(27)15-3-4-17(24-19(15)23)26-11-5-18(25-26)28-12-6-16-21(7-8-21)22(16)9-10-22/h3-5,11,14,16H,6-10,12-13H2,1-2H3. The minimum Gasteiger partial charge on any atom is -0.477 e. The zero-order valence-electron chi connectivity index (χ0n) is 16.9. The van der Waals surface area contributed by atoms with E-state index in [2.05, 4.69) is 10.1 Å². The molecule has 3 aliphatic carbocycles. The highest BCUT2D eigenvalue weighted by atomic mass is 35.5. The zero-order chi connectivity index (χ0) is 20.2. The zero-order valence-corrected chi connectivity index (χ0v) is 17.6. The van der Waals surface area contributed by atoms with E-state index in [1.165, 1.54) is 25.7 Å². The fourth-order valence-corrected chi connectivity index (χ4v) is 5.40. The number of aromatic nitrogens is 3. The highest BCUT2D eigenvalue weighted by Crippen LogP contribution is 2.93. The molecule has 29 heavy (non-hydrogen) atoms. The minimum atomic E-state index is -0.464. The van der Waals surface area contributed by atoms with E-state index in [1.54, 1.807) is 23.0 Å². The molecule has 0 atom stereocenters. The van der Waals surface area contributed by atoms with Crippen LogP contribution < -0.4 is 4.74 Å². The summed E-state index contributed by atoms with van der Waals surface area (Å²) in [5, 5.41) is 4.54. The monoisotopic (exact) mass is 415 g/mol. The van der Waals surface area contributed by atoms with Gasteiger partial charge in [-0.15, -0.1) is 5.10 Å². The van der Waals surface area contributed by atoms with Crippen molar-refractivity contribution in [1.29, 1.82) is 0 Å². The Morgan fingerprint density at radius 2 is 1.97 bits per heavy atom. The molecule has 5 rings (SSSR count). The Bertz CT molecular complexity index is 929. The molecule has 0 bridgehead atoms. The Hall–Kier alpha value is -2.08. The molecule has 6 nitrogen and oxygen atoms in total. The summed E-state index contributed by atoms with van der Waals surface area (Å²) in [6.07, 6.45) is 8.63. The fraction of sp³-hybridized carbons (Fsp3) is 0.591. The summed E-state index contributed by atoms with van der Waals surface area (Å²) in [6, 6.07) is 5.15. The van der Waals surface area contributed by atoms with Gasteiger partial charge in [-0.05, 0) is 66.9 Å². The van der Waals surface area contributed by atoms with Gasteiger partial charge in [-0.1, -0.05) is 25.4 Å². The number of carbonyl (C=O) groups is 1. The van der Waals surface area contributed by atoms with Crippen LogP contribution >= 0.6 is 11.6 Å². The number of nitrogens with zero attached hydrogens (tertiary/aromatic N) is 3. The second-order valence-corrected chi connectivity index (χ2v) is 9.46. The summed E-state index contributed by atoms with van der Waals surface area (Å²) in [5.74, 6) is 1.78. The normalized spacial score (nSPS) is 20.3. The van der Waals surface area contributed by atoms with Gasteiger partial charge < -0.3 is 9.47 Å². The Morgan fingerprint density at radius 1 is 1.24 bits per heavy atom. The largest absolute Gasteiger partial charge is 0.477 e. The highest BCUT2D eigenvalue weighted by molar-refractivity contribution is 6.32. The van der Waals surface area contributed by atoms with Gasteiger partial charge in [-0.25, -0.2) is 14.5 Å². The lowest BCUT2D eigenvalue weighted by Crippen LogP contribution is -2.12. The molecule has 0 unspecified atom stereocenters. The Kier molecular flexibility index (Phi) is 4.39. The summed E-state index contributed by atoms with van der Waals surface area (Å²) in [5.41, 5.74) is 1.69. The number of ether oxygens (including phenoxy) is 2. The van der Waals surface area contributed by atoms with E-state index >= 15 is 0 Å². The lowest BCUT2D eigenvalue weighted by Gasteiger charge is -2.09. The lowest BCUT2D eigenvalue weighted by atomic mass is 10.2. The van der Waals surface area contributed by atoms with E-state index in [0.717, 1.165) is 12.3 Å². The van der Waals surface area contributed by atoms with E-state index in [9.17, 15) is 4.79 Å². The molecule has 154 valence electrons. The fourth-order valence-electron chi connectivity index (χ4n) is 5.17. The molecule has 0 amide bonds. The van der Waals surface area contributed by atoms with E-state index in [1.807, 2.05) is 19.9 Å². The molecule has 2 aromatic rings. The first-order valence-corrected chi connectivity index (χ1v) is 10.9. The predicted octanol–water partition coefficient (Wildman–Crippen LogP) is 4.69. The number of carbonyl (C=O) groups excluding carboxylic acids is 1. The molecule has 3 fully saturated rings. The van der Waals surface area contributed by atoms with Gasteiger partial charge in [-0.3, -0.25) is 0 Å². The van der Waals surface area contributed by atoms with Crippen molar-refractivity contribution in [3.8, 4) is 11.7 Å². The molecule has 2 heterocycles. The first-order chi connectivity index (χ1) is 13.9. The van der Waals surface area contributed by atoms with Crippen LogP contribution in [0.25, 0.3) is 5.82 Å². The number of esters is 1. The summed E-state index contributed by atoms with van der Waals surface area (Å²) in [4.78, 5) is 16.4. The SMILES string of the molecule is CC(C)COC(=O)c1ccc(-n2ccc(OCCC3C4(CC4)C34CC4)n2)nc1Cl. The van der Waals surface area contributed by atoms with Crippen LogP contribution in [0.5, 0.6) is 5.88 Å². The van der Waals surface area contributed by atoms with E-state index in [4.69, 9.17) is 21.1 Å². The third-order valence-corrected chi connectivity index (χ3v) is 7.17. The molecule has 0 aromatic carbocycles. The average molecular weight is 416 g/mol. The Morgan fingerprint density at radius 3 is 2.59 bits per heavy atom. The topological polar surface area (TPSA) is 66.2 Å². The van der Waals surface area contributed by atoms with Crippen LogP contribution in [0.15, 0.2) is 24.4 Å².